The molecule has 1 heterocycles. The third-order valence-electron chi connectivity index (χ3n) is 2.45. The second kappa shape index (κ2) is 3.70. The predicted molar refractivity (Wildman–Crippen MR) is 57.6 cm³/mol. The molecule has 0 unspecified atom stereocenters. The number of benzene rings is 1. The van der Waals surface area contributed by atoms with Crippen LogP contribution in [-0.4, -0.2) is 19.0 Å². The van der Waals surface area contributed by atoms with Crippen LogP contribution in [0.15, 0.2) is 24.3 Å². The summed E-state index contributed by atoms with van der Waals surface area (Å²) in [6.07, 6.45) is 0.564. The average Bonchev–Trinajstić information content (AvgIpc) is 2.27. The fourth-order valence-electron chi connectivity index (χ4n) is 1.73. The predicted octanol–water partition coefficient (Wildman–Crippen LogP) is 1.86. The summed E-state index contributed by atoms with van der Waals surface area (Å²) in [7, 11) is 0. The zero-order valence-corrected chi connectivity index (χ0v) is 8.29. The molecule has 1 aliphatic rings. The number of fused-ring (bicyclic) bond motifs is 1. The number of nitrogens with zero attached hydrogens (tertiary/aromatic N) is 1. The van der Waals surface area contributed by atoms with Crippen LogP contribution in [0.3, 0.4) is 0 Å². The smallest absolute Gasteiger partial charge is 0.226 e. The number of nitrogens with one attached hydrogen (secondary N) is 1. The van der Waals surface area contributed by atoms with Crippen molar-refractivity contribution in [1.29, 1.82) is 0 Å². The molecule has 1 amide bonds. The van der Waals surface area contributed by atoms with Crippen molar-refractivity contribution in [2.45, 2.75) is 13.3 Å². The van der Waals surface area contributed by atoms with Gasteiger partial charge in [-0.3, -0.25) is 4.79 Å². The van der Waals surface area contributed by atoms with E-state index in [-0.39, 0.29) is 5.91 Å². The lowest BCUT2D eigenvalue weighted by Gasteiger charge is -2.30. The molecule has 1 aliphatic heterocycles. The zero-order chi connectivity index (χ0) is 9.97. The van der Waals surface area contributed by atoms with E-state index in [0.29, 0.717) is 6.42 Å². The molecule has 2 rings (SSSR count). The first-order valence-corrected chi connectivity index (χ1v) is 4.96. The van der Waals surface area contributed by atoms with E-state index in [2.05, 4.69) is 5.32 Å². The molecule has 3 nitrogen and oxygen atoms in total. The summed E-state index contributed by atoms with van der Waals surface area (Å²) >= 11 is 0. The standard InChI is InChI=1S/C11H14N2O/c1-2-11(14)13-8-7-12-9-5-3-4-6-10(9)13/h3-6,12H,2,7-8H2,1H3. The Bertz CT molecular complexity index is 349. The molecular formula is C11H14N2O. The molecule has 0 aliphatic carbocycles. The number of hydrogen-bond acceptors (Lipinski definition) is 2. The van der Waals surface area contributed by atoms with E-state index in [1.165, 1.54) is 0 Å². The van der Waals surface area contributed by atoms with E-state index in [1.807, 2.05) is 36.1 Å². The monoisotopic (exact) mass is 190 g/mol. The molecule has 0 atom stereocenters. The number of carbonyl (C=O) groups is 1. The van der Waals surface area contributed by atoms with Crippen molar-refractivity contribution in [2.75, 3.05) is 23.3 Å². The Morgan fingerprint density at radius 2 is 2.29 bits per heavy atom. The molecule has 0 aromatic heterocycles. The highest BCUT2D eigenvalue weighted by molar-refractivity contribution is 5.97. The first kappa shape index (κ1) is 9.06. The molecular weight excluding hydrogens is 176 g/mol. The van der Waals surface area contributed by atoms with Gasteiger partial charge in [0, 0.05) is 19.5 Å². The Labute approximate surface area is 83.7 Å². The van der Waals surface area contributed by atoms with Crippen LogP contribution in [0.5, 0.6) is 0 Å². The molecule has 1 aromatic carbocycles. The molecule has 0 saturated carbocycles. The molecule has 74 valence electrons. The fourth-order valence-corrected chi connectivity index (χ4v) is 1.73. The molecule has 0 fully saturated rings. The Hall–Kier alpha value is -1.51. The van der Waals surface area contributed by atoms with Crippen LogP contribution in [0.2, 0.25) is 0 Å². The van der Waals surface area contributed by atoms with Gasteiger partial charge in [0.1, 0.15) is 0 Å². The molecule has 3 heteroatoms. The summed E-state index contributed by atoms with van der Waals surface area (Å²) in [6.45, 7) is 3.50. The van der Waals surface area contributed by atoms with Crippen molar-refractivity contribution in [2.24, 2.45) is 0 Å². The largest absolute Gasteiger partial charge is 0.382 e. The van der Waals surface area contributed by atoms with Crippen LogP contribution >= 0.6 is 0 Å². The van der Waals surface area contributed by atoms with Crippen molar-refractivity contribution in [1.82, 2.24) is 0 Å². The molecule has 0 spiro atoms. The summed E-state index contributed by atoms with van der Waals surface area (Å²) in [5.41, 5.74) is 2.06. The normalized spacial score (nSPS) is 14.5. The Kier molecular flexibility index (Phi) is 2.39. The number of para-hydroxylation sites is 2. The van der Waals surface area contributed by atoms with Crippen molar-refractivity contribution < 1.29 is 4.79 Å². The lowest BCUT2D eigenvalue weighted by molar-refractivity contribution is -0.118. The minimum atomic E-state index is 0.193. The molecule has 0 radical (unpaired) electrons. The van der Waals surface area contributed by atoms with Gasteiger partial charge in [-0.25, -0.2) is 0 Å². The number of rotatable bonds is 1. The summed E-state index contributed by atoms with van der Waals surface area (Å²) < 4.78 is 0. The number of carbonyl (C=O) groups excluding carboxylic acids is 1. The van der Waals surface area contributed by atoms with Gasteiger partial charge in [0.15, 0.2) is 0 Å². The first-order valence-electron chi connectivity index (χ1n) is 4.96. The molecule has 14 heavy (non-hydrogen) atoms. The Morgan fingerprint density at radius 3 is 3.07 bits per heavy atom. The van der Waals surface area contributed by atoms with Gasteiger partial charge in [0.05, 0.1) is 11.4 Å². The first-order chi connectivity index (χ1) is 6.83. The van der Waals surface area contributed by atoms with Crippen molar-refractivity contribution in [3.05, 3.63) is 24.3 Å². The van der Waals surface area contributed by atoms with E-state index in [0.717, 1.165) is 24.5 Å². The van der Waals surface area contributed by atoms with Crippen molar-refractivity contribution in [3.8, 4) is 0 Å². The van der Waals surface area contributed by atoms with Gasteiger partial charge in [-0.2, -0.15) is 0 Å². The van der Waals surface area contributed by atoms with Crippen LogP contribution in [0.25, 0.3) is 0 Å². The third kappa shape index (κ3) is 1.45. The number of anilines is 2. The maximum Gasteiger partial charge on any atom is 0.226 e. The van der Waals surface area contributed by atoms with Crippen LogP contribution in [-0.2, 0) is 4.79 Å². The van der Waals surface area contributed by atoms with Crippen LogP contribution in [0.1, 0.15) is 13.3 Å². The van der Waals surface area contributed by atoms with Gasteiger partial charge in [0.25, 0.3) is 0 Å². The fraction of sp³-hybridized carbons (Fsp3) is 0.364. The zero-order valence-electron chi connectivity index (χ0n) is 8.29. The minimum Gasteiger partial charge on any atom is -0.382 e. The highest BCUT2D eigenvalue weighted by atomic mass is 16.2. The minimum absolute atomic E-state index is 0.193. The van der Waals surface area contributed by atoms with E-state index in [1.54, 1.807) is 0 Å². The third-order valence-corrected chi connectivity index (χ3v) is 2.45. The van der Waals surface area contributed by atoms with Crippen LogP contribution < -0.4 is 10.2 Å². The van der Waals surface area contributed by atoms with E-state index < -0.39 is 0 Å². The van der Waals surface area contributed by atoms with Gasteiger partial charge >= 0.3 is 0 Å². The van der Waals surface area contributed by atoms with Gasteiger partial charge in [-0.05, 0) is 12.1 Å². The summed E-state index contributed by atoms with van der Waals surface area (Å²) in [5, 5.41) is 3.28. The average molecular weight is 190 g/mol. The quantitative estimate of drug-likeness (QED) is 0.733. The Balaban J connectivity index is 2.35. The molecule has 0 bridgehead atoms. The summed E-state index contributed by atoms with van der Waals surface area (Å²) in [6, 6.07) is 7.92. The highest BCUT2D eigenvalue weighted by Crippen LogP contribution is 2.28. The second-order valence-corrected chi connectivity index (χ2v) is 3.34. The molecule has 0 saturated heterocycles. The van der Waals surface area contributed by atoms with Crippen LogP contribution in [0, 0.1) is 0 Å². The summed E-state index contributed by atoms with van der Waals surface area (Å²) in [4.78, 5) is 13.5. The maximum absolute atomic E-state index is 11.6. The SMILES string of the molecule is CCC(=O)N1CCNc2ccccc21. The maximum atomic E-state index is 11.6. The highest BCUT2D eigenvalue weighted by Gasteiger charge is 2.19. The number of hydrogen-bond donors (Lipinski definition) is 1. The lowest BCUT2D eigenvalue weighted by atomic mass is 10.2. The van der Waals surface area contributed by atoms with Gasteiger partial charge in [-0.1, -0.05) is 19.1 Å². The lowest BCUT2D eigenvalue weighted by Crippen LogP contribution is -2.38. The second-order valence-electron chi connectivity index (χ2n) is 3.34. The van der Waals surface area contributed by atoms with E-state index >= 15 is 0 Å². The van der Waals surface area contributed by atoms with Gasteiger partial charge in [-0.15, -0.1) is 0 Å². The topological polar surface area (TPSA) is 32.3 Å². The van der Waals surface area contributed by atoms with Crippen LogP contribution in [0.4, 0.5) is 11.4 Å². The van der Waals surface area contributed by atoms with E-state index in [4.69, 9.17) is 0 Å². The summed E-state index contributed by atoms with van der Waals surface area (Å²) in [5.74, 6) is 0.193. The van der Waals surface area contributed by atoms with E-state index in [9.17, 15) is 4.79 Å². The number of amides is 1. The molecule has 1 N–H and O–H groups in total. The van der Waals surface area contributed by atoms with Crippen molar-refractivity contribution >= 4 is 17.3 Å². The van der Waals surface area contributed by atoms with Crippen molar-refractivity contribution in [3.63, 3.8) is 0 Å². The van der Waals surface area contributed by atoms with Gasteiger partial charge in [0.2, 0.25) is 5.91 Å². The Morgan fingerprint density at radius 1 is 1.50 bits per heavy atom. The van der Waals surface area contributed by atoms with Gasteiger partial charge < -0.3 is 10.2 Å². The molecule has 1 aromatic rings.